The van der Waals surface area contributed by atoms with Gasteiger partial charge in [-0.25, -0.2) is 4.79 Å². The number of urea groups is 1. The Morgan fingerprint density at radius 3 is 2.73 bits per heavy atom. The van der Waals surface area contributed by atoms with Crippen LogP contribution in [0.5, 0.6) is 0 Å². The van der Waals surface area contributed by atoms with Crippen molar-refractivity contribution < 1.29 is 9.90 Å². The summed E-state index contributed by atoms with van der Waals surface area (Å²) in [5, 5.41) is 19.8. The molecule has 0 bridgehead atoms. The number of rotatable bonds is 5. The zero-order valence-corrected chi connectivity index (χ0v) is 14.9. The highest BCUT2D eigenvalue weighted by Gasteiger charge is 2.24. The van der Waals surface area contributed by atoms with Gasteiger partial charge in [-0.15, -0.1) is 11.3 Å². The summed E-state index contributed by atoms with van der Waals surface area (Å²) in [4.78, 5) is 14.5. The summed E-state index contributed by atoms with van der Waals surface area (Å²) in [5.74, 6) is 0. The number of hydrogen-bond acceptors (Lipinski definition) is 4. The molecule has 3 N–H and O–H groups in total. The van der Waals surface area contributed by atoms with Crippen LogP contribution in [0.25, 0.3) is 0 Å². The highest BCUT2D eigenvalue weighted by Crippen LogP contribution is 2.26. The van der Waals surface area contributed by atoms with Gasteiger partial charge in [0.25, 0.3) is 0 Å². The maximum absolute atomic E-state index is 12.0. The SMILES string of the molecule is Cc1cc(C(C)NC(=O)NCC(C)(O)c2ccsc2)c(C)s1. The molecule has 0 saturated heterocycles. The lowest BCUT2D eigenvalue weighted by molar-refractivity contribution is 0.0597. The Kier molecular flexibility index (Phi) is 5.26. The van der Waals surface area contributed by atoms with Gasteiger partial charge in [-0.3, -0.25) is 0 Å². The molecule has 0 fully saturated rings. The maximum Gasteiger partial charge on any atom is 0.315 e. The quantitative estimate of drug-likeness (QED) is 0.778. The Labute approximate surface area is 139 Å². The molecule has 120 valence electrons. The molecule has 2 unspecified atom stereocenters. The number of carbonyl (C=O) groups excluding carboxylic acids is 1. The molecule has 0 saturated carbocycles. The number of hydrogen-bond donors (Lipinski definition) is 3. The minimum absolute atomic E-state index is 0.0592. The Morgan fingerprint density at radius 1 is 1.45 bits per heavy atom. The van der Waals surface area contributed by atoms with Gasteiger partial charge in [-0.1, -0.05) is 0 Å². The molecule has 2 aromatic heterocycles. The molecule has 22 heavy (non-hydrogen) atoms. The first kappa shape index (κ1) is 17.0. The molecule has 4 nitrogen and oxygen atoms in total. The molecule has 0 aliphatic heterocycles. The van der Waals surface area contributed by atoms with Crippen LogP contribution in [0.4, 0.5) is 4.79 Å². The lowest BCUT2D eigenvalue weighted by Crippen LogP contribution is -2.44. The first-order valence-corrected chi connectivity index (χ1v) is 8.92. The number of amides is 2. The normalized spacial score (nSPS) is 15.1. The van der Waals surface area contributed by atoms with Gasteiger partial charge < -0.3 is 15.7 Å². The van der Waals surface area contributed by atoms with Crippen LogP contribution in [-0.4, -0.2) is 17.7 Å². The van der Waals surface area contributed by atoms with Crippen molar-refractivity contribution in [3.8, 4) is 0 Å². The zero-order chi connectivity index (χ0) is 16.3. The van der Waals surface area contributed by atoms with E-state index in [1.165, 1.54) is 21.1 Å². The van der Waals surface area contributed by atoms with Crippen LogP contribution >= 0.6 is 22.7 Å². The van der Waals surface area contributed by atoms with Gasteiger partial charge in [0.2, 0.25) is 0 Å². The van der Waals surface area contributed by atoms with Crippen molar-refractivity contribution in [2.45, 2.75) is 39.3 Å². The van der Waals surface area contributed by atoms with E-state index in [0.29, 0.717) is 0 Å². The first-order chi connectivity index (χ1) is 10.3. The van der Waals surface area contributed by atoms with Crippen LogP contribution < -0.4 is 10.6 Å². The molecule has 2 atom stereocenters. The van der Waals surface area contributed by atoms with Crippen molar-refractivity contribution in [1.29, 1.82) is 0 Å². The predicted molar refractivity (Wildman–Crippen MR) is 92.6 cm³/mol. The fourth-order valence-electron chi connectivity index (χ4n) is 2.33. The van der Waals surface area contributed by atoms with Gasteiger partial charge in [-0.05, 0) is 61.7 Å². The van der Waals surface area contributed by atoms with E-state index >= 15 is 0 Å². The molecular formula is C16H22N2O2S2. The fourth-order valence-corrected chi connectivity index (χ4v) is 4.14. The second-order valence-electron chi connectivity index (χ2n) is 5.70. The minimum Gasteiger partial charge on any atom is -0.384 e. The Morgan fingerprint density at radius 2 is 2.18 bits per heavy atom. The predicted octanol–water partition coefficient (Wildman–Crippen LogP) is 3.69. The van der Waals surface area contributed by atoms with E-state index in [2.05, 4.69) is 30.5 Å². The second-order valence-corrected chi connectivity index (χ2v) is 7.94. The van der Waals surface area contributed by atoms with Crippen LogP contribution in [0.2, 0.25) is 0 Å². The van der Waals surface area contributed by atoms with E-state index < -0.39 is 5.60 Å². The summed E-state index contributed by atoms with van der Waals surface area (Å²) in [5.41, 5.74) is 0.896. The van der Waals surface area contributed by atoms with Gasteiger partial charge in [0.05, 0.1) is 12.6 Å². The lowest BCUT2D eigenvalue weighted by Gasteiger charge is -2.23. The third kappa shape index (κ3) is 4.09. The second kappa shape index (κ2) is 6.81. The van der Waals surface area contributed by atoms with E-state index in [-0.39, 0.29) is 18.6 Å². The largest absolute Gasteiger partial charge is 0.384 e. The summed E-state index contributed by atoms with van der Waals surface area (Å²) in [6, 6.07) is 3.64. The minimum atomic E-state index is -1.06. The smallest absolute Gasteiger partial charge is 0.315 e. The van der Waals surface area contributed by atoms with Gasteiger partial charge >= 0.3 is 6.03 Å². The molecule has 2 rings (SSSR count). The number of carbonyl (C=O) groups is 1. The van der Waals surface area contributed by atoms with Gasteiger partial charge in [0, 0.05) is 9.75 Å². The summed E-state index contributed by atoms with van der Waals surface area (Å²) < 4.78 is 0. The van der Waals surface area contributed by atoms with E-state index in [1.54, 1.807) is 18.3 Å². The van der Waals surface area contributed by atoms with Crippen LogP contribution in [0.15, 0.2) is 22.9 Å². The van der Waals surface area contributed by atoms with Gasteiger partial charge in [-0.2, -0.15) is 11.3 Å². The molecule has 2 heterocycles. The summed E-state index contributed by atoms with van der Waals surface area (Å²) in [6.45, 7) is 7.95. The van der Waals surface area contributed by atoms with Crippen molar-refractivity contribution in [3.05, 3.63) is 43.8 Å². The maximum atomic E-state index is 12.0. The molecule has 0 spiro atoms. The standard InChI is InChI=1S/C16H22N2O2S2/c1-10-7-14(12(3)22-10)11(2)18-15(19)17-9-16(4,20)13-5-6-21-8-13/h5-8,11,20H,9H2,1-4H3,(H2,17,18,19). The molecular weight excluding hydrogens is 316 g/mol. The first-order valence-electron chi connectivity index (χ1n) is 7.16. The summed E-state index contributed by atoms with van der Waals surface area (Å²) in [6.07, 6.45) is 0. The molecule has 0 aliphatic carbocycles. The highest BCUT2D eigenvalue weighted by atomic mass is 32.1. The van der Waals surface area contributed by atoms with Crippen LogP contribution in [0.3, 0.4) is 0 Å². The highest BCUT2D eigenvalue weighted by molar-refractivity contribution is 7.12. The third-order valence-electron chi connectivity index (χ3n) is 3.63. The van der Waals surface area contributed by atoms with Gasteiger partial charge in [0.15, 0.2) is 0 Å². The molecule has 0 aliphatic rings. The Bertz CT molecular complexity index is 633. The topological polar surface area (TPSA) is 61.4 Å². The van der Waals surface area contributed by atoms with Gasteiger partial charge in [0.1, 0.15) is 5.60 Å². The van der Waals surface area contributed by atoms with Crippen molar-refractivity contribution in [2.24, 2.45) is 0 Å². The monoisotopic (exact) mass is 338 g/mol. The van der Waals surface area contributed by atoms with Crippen molar-refractivity contribution in [1.82, 2.24) is 10.6 Å². The summed E-state index contributed by atoms with van der Waals surface area (Å²) >= 11 is 3.26. The van der Waals surface area contributed by atoms with E-state index in [0.717, 1.165) is 11.1 Å². The average Bonchev–Trinajstić information content (AvgIpc) is 3.06. The Balaban J connectivity index is 1.89. The average molecular weight is 338 g/mol. The number of aryl methyl sites for hydroxylation is 2. The molecule has 6 heteroatoms. The van der Waals surface area contributed by atoms with Crippen molar-refractivity contribution >= 4 is 28.7 Å². The van der Waals surface area contributed by atoms with E-state index in [1.807, 2.05) is 23.8 Å². The Hall–Kier alpha value is -1.37. The lowest BCUT2D eigenvalue weighted by atomic mass is 9.99. The van der Waals surface area contributed by atoms with E-state index in [9.17, 15) is 9.90 Å². The number of aliphatic hydroxyl groups is 1. The zero-order valence-electron chi connectivity index (χ0n) is 13.3. The molecule has 2 amide bonds. The van der Waals surface area contributed by atoms with Crippen LogP contribution in [-0.2, 0) is 5.60 Å². The van der Waals surface area contributed by atoms with Crippen LogP contribution in [0.1, 0.15) is 40.8 Å². The molecule has 0 aromatic carbocycles. The summed E-state index contributed by atoms with van der Waals surface area (Å²) in [7, 11) is 0. The van der Waals surface area contributed by atoms with E-state index in [4.69, 9.17) is 0 Å². The van der Waals surface area contributed by atoms with Crippen LogP contribution in [0, 0.1) is 13.8 Å². The van der Waals surface area contributed by atoms with Crippen molar-refractivity contribution in [2.75, 3.05) is 6.54 Å². The third-order valence-corrected chi connectivity index (χ3v) is 5.29. The van der Waals surface area contributed by atoms with Crippen molar-refractivity contribution in [3.63, 3.8) is 0 Å². The number of nitrogens with one attached hydrogen (secondary N) is 2. The fraction of sp³-hybridized carbons (Fsp3) is 0.438. The molecule has 0 radical (unpaired) electrons. The number of thiophene rings is 2. The molecule has 2 aromatic rings.